The van der Waals surface area contributed by atoms with Crippen molar-refractivity contribution in [2.45, 2.75) is 26.8 Å². The number of aromatic nitrogens is 4. The summed E-state index contributed by atoms with van der Waals surface area (Å²) in [6.07, 6.45) is 2.42. The van der Waals surface area contributed by atoms with Gasteiger partial charge in [-0.2, -0.15) is 10.1 Å². The van der Waals surface area contributed by atoms with Gasteiger partial charge in [0, 0.05) is 24.2 Å². The van der Waals surface area contributed by atoms with Gasteiger partial charge >= 0.3 is 5.69 Å². The van der Waals surface area contributed by atoms with E-state index in [9.17, 15) is 9.59 Å². The molecule has 2 N–H and O–H groups in total. The van der Waals surface area contributed by atoms with E-state index in [0.717, 1.165) is 12.0 Å². The van der Waals surface area contributed by atoms with Gasteiger partial charge in [-0.25, -0.2) is 10.2 Å². The number of hydrazone groups is 1. The maximum atomic E-state index is 12.4. The summed E-state index contributed by atoms with van der Waals surface area (Å²) < 4.78 is 3.06. The van der Waals surface area contributed by atoms with Gasteiger partial charge < -0.3 is 4.57 Å². The molecule has 0 saturated carbocycles. The van der Waals surface area contributed by atoms with E-state index in [-0.39, 0.29) is 0 Å². The molecule has 1 aromatic carbocycles. The van der Waals surface area contributed by atoms with Crippen molar-refractivity contribution in [1.29, 1.82) is 0 Å². The van der Waals surface area contributed by atoms with E-state index < -0.39 is 11.2 Å². The number of anilines is 1. The molecule has 27 heavy (non-hydrogen) atoms. The molecule has 142 valence electrons. The maximum absolute atomic E-state index is 12.4. The molecule has 9 heteroatoms. The zero-order chi connectivity index (χ0) is 19.6. The molecule has 0 bridgehead atoms. The lowest BCUT2D eigenvalue weighted by atomic mass is 10.1. The van der Waals surface area contributed by atoms with Crippen LogP contribution in [0.3, 0.4) is 0 Å². The van der Waals surface area contributed by atoms with Gasteiger partial charge in [-0.3, -0.25) is 14.3 Å². The summed E-state index contributed by atoms with van der Waals surface area (Å²) in [7, 11) is 1.57. The van der Waals surface area contributed by atoms with Gasteiger partial charge in [-0.05, 0) is 18.4 Å². The quantitative estimate of drug-likeness (QED) is 0.501. The first-order chi connectivity index (χ1) is 12.9. The van der Waals surface area contributed by atoms with Crippen LogP contribution in [0, 0.1) is 5.92 Å². The molecule has 3 aromatic rings. The average molecular weight is 389 g/mol. The van der Waals surface area contributed by atoms with Crippen molar-refractivity contribution in [2.75, 3.05) is 5.43 Å². The topological polar surface area (TPSA) is 97.1 Å². The number of imidazole rings is 1. The van der Waals surface area contributed by atoms with Gasteiger partial charge in [0.05, 0.1) is 6.21 Å². The molecular weight excluding hydrogens is 368 g/mol. The Balaban J connectivity index is 2.03. The fourth-order valence-corrected chi connectivity index (χ4v) is 2.85. The minimum Gasteiger partial charge on any atom is -0.303 e. The first-order valence-corrected chi connectivity index (χ1v) is 8.99. The van der Waals surface area contributed by atoms with Crippen LogP contribution in [0.1, 0.15) is 25.8 Å². The number of benzene rings is 1. The smallest absolute Gasteiger partial charge is 0.303 e. The number of hydrogen-bond donors (Lipinski definition) is 2. The van der Waals surface area contributed by atoms with Gasteiger partial charge in [0.1, 0.15) is 0 Å². The summed E-state index contributed by atoms with van der Waals surface area (Å²) >= 11 is 6.12. The minimum absolute atomic E-state index is 0.308. The molecule has 0 aliphatic heterocycles. The molecule has 0 saturated heterocycles. The van der Waals surface area contributed by atoms with Crippen LogP contribution in [0.2, 0.25) is 5.02 Å². The average Bonchev–Trinajstić information content (AvgIpc) is 2.99. The number of halogens is 1. The fourth-order valence-electron chi connectivity index (χ4n) is 2.66. The van der Waals surface area contributed by atoms with Crippen LogP contribution in [0.4, 0.5) is 5.95 Å². The third-order valence-corrected chi connectivity index (χ3v) is 4.55. The van der Waals surface area contributed by atoms with Crippen molar-refractivity contribution >= 4 is 34.9 Å². The highest BCUT2D eigenvalue weighted by Crippen LogP contribution is 2.18. The molecule has 3 rings (SSSR count). The fraction of sp³-hybridized carbons (Fsp3) is 0.333. The number of nitrogens with zero attached hydrogens (tertiary/aromatic N) is 4. The minimum atomic E-state index is -0.507. The molecule has 2 heterocycles. The third-order valence-electron chi connectivity index (χ3n) is 4.21. The number of aryl methyl sites for hydroxylation is 2. The number of nitrogens with one attached hydrogen (secondary N) is 2. The van der Waals surface area contributed by atoms with Gasteiger partial charge in [-0.15, -0.1) is 0 Å². The Morgan fingerprint density at radius 3 is 2.78 bits per heavy atom. The summed E-state index contributed by atoms with van der Waals surface area (Å²) in [5, 5.41) is 4.77. The van der Waals surface area contributed by atoms with E-state index in [0.29, 0.717) is 34.6 Å². The maximum Gasteiger partial charge on any atom is 0.329 e. The number of aromatic amines is 1. The summed E-state index contributed by atoms with van der Waals surface area (Å²) in [6, 6.07) is 7.31. The molecule has 0 aliphatic rings. The van der Waals surface area contributed by atoms with Crippen LogP contribution < -0.4 is 16.7 Å². The Morgan fingerprint density at radius 2 is 2.07 bits per heavy atom. The van der Waals surface area contributed by atoms with Crippen molar-refractivity contribution in [3.8, 4) is 0 Å². The van der Waals surface area contributed by atoms with E-state index in [1.807, 2.05) is 18.2 Å². The number of rotatable bonds is 6. The molecule has 0 radical (unpaired) electrons. The Bertz CT molecular complexity index is 1110. The van der Waals surface area contributed by atoms with Gasteiger partial charge in [0.25, 0.3) is 5.56 Å². The lowest BCUT2D eigenvalue weighted by Crippen LogP contribution is -2.29. The van der Waals surface area contributed by atoms with E-state index in [2.05, 4.69) is 34.3 Å². The normalized spacial score (nSPS) is 11.7. The van der Waals surface area contributed by atoms with Crippen molar-refractivity contribution in [2.24, 2.45) is 18.1 Å². The molecule has 0 fully saturated rings. The predicted molar refractivity (Wildman–Crippen MR) is 108 cm³/mol. The van der Waals surface area contributed by atoms with Crippen molar-refractivity contribution < 1.29 is 0 Å². The van der Waals surface area contributed by atoms with Crippen LogP contribution in [0.25, 0.3) is 11.2 Å². The first kappa shape index (κ1) is 18.9. The summed E-state index contributed by atoms with van der Waals surface area (Å²) in [5.41, 5.74) is 3.30. The van der Waals surface area contributed by atoms with E-state index in [1.54, 1.807) is 23.9 Å². The van der Waals surface area contributed by atoms with Gasteiger partial charge in [0.2, 0.25) is 5.95 Å². The third kappa shape index (κ3) is 3.95. The highest BCUT2D eigenvalue weighted by atomic mass is 35.5. The highest BCUT2D eigenvalue weighted by Gasteiger charge is 2.17. The molecule has 0 spiro atoms. The highest BCUT2D eigenvalue weighted by molar-refractivity contribution is 6.33. The Hall–Kier alpha value is -2.87. The predicted octanol–water partition coefficient (Wildman–Crippen LogP) is 2.57. The zero-order valence-electron chi connectivity index (χ0n) is 15.4. The van der Waals surface area contributed by atoms with Crippen molar-refractivity contribution in [3.05, 3.63) is 55.7 Å². The monoisotopic (exact) mass is 388 g/mol. The SMILES string of the molecule is CC(C)CCn1c(N/N=C/c2ccccc2Cl)nc2c1c(=O)[nH]c(=O)n2C. The molecule has 0 aliphatic carbocycles. The summed E-state index contributed by atoms with van der Waals surface area (Å²) in [5.74, 6) is 0.828. The summed E-state index contributed by atoms with van der Waals surface area (Å²) in [4.78, 5) is 31.0. The Labute approximate surface area is 160 Å². The Kier molecular flexibility index (Phi) is 5.46. The summed E-state index contributed by atoms with van der Waals surface area (Å²) in [6.45, 7) is 4.77. The number of hydrogen-bond acceptors (Lipinski definition) is 5. The zero-order valence-corrected chi connectivity index (χ0v) is 16.1. The molecule has 8 nitrogen and oxygen atoms in total. The van der Waals surface area contributed by atoms with Crippen LogP contribution in [-0.4, -0.2) is 25.3 Å². The van der Waals surface area contributed by atoms with Crippen LogP contribution >= 0.6 is 11.6 Å². The Morgan fingerprint density at radius 1 is 1.33 bits per heavy atom. The number of fused-ring (bicyclic) bond motifs is 1. The lowest BCUT2D eigenvalue weighted by molar-refractivity contribution is 0.524. The molecule has 0 amide bonds. The second-order valence-corrected chi connectivity index (χ2v) is 7.06. The van der Waals surface area contributed by atoms with Crippen LogP contribution in [-0.2, 0) is 13.6 Å². The second-order valence-electron chi connectivity index (χ2n) is 6.65. The van der Waals surface area contributed by atoms with Crippen LogP contribution in [0.15, 0.2) is 39.0 Å². The lowest BCUT2D eigenvalue weighted by Gasteiger charge is -2.09. The van der Waals surface area contributed by atoms with Crippen molar-refractivity contribution in [3.63, 3.8) is 0 Å². The molecule has 2 aromatic heterocycles. The van der Waals surface area contributed by atoms with Gasteiger partial charge in [-0.1, -0.05) is 43.6 Å². The van der Waals surface area contributed by atoms with E-state index >= 15 is 0 Å². The van der Waals surface area contributed by atoms with E-state index in [1.165, 1.54) is 4.57 Å². The first-order valence-electron chi connectivity index (χ1n) is 8.61. The molecular formula is C18H21ClN6O2. The van der Waals surface area contributed by atoms with E-state index in [4.69, 9.17) is 11.6 Å². The molecule has 0 atom stereocenters. The molecule has 0 unspecified atom stereocenters. The van der Waals surface area contributed by atoms with Gasteiger partial charge in [0.15, 0.2) is 11.2 Å². The largest absolute Gasteiger partial charge is 0.329 e. The van der Waals surface area contributed by atoms with Crippen LogP contribution in [0.5, 0.6) is 0 Å². The van der Waals surface area contributed by atoms with Crippen molar-refractivity contribution in [1.82, 2.24) is 19.1 Å². The second kappa shape index (κ2) is 7.79. The number of H-pyrrole nitrogens is 1. The standard InChI is InChI=1S/C18H21ClN6O2/c1-11(2)8-9-25-14-15(24(3)18(27)22-16(14)26)21-17(25)23-20-10-12-6-4-5-7-13(12)19/h4-7,10-11H,8-9H2,1-3H3,(H,21,23)(H,22,26,27)/b20-10+.